The number of aromatic nitrogens is 1. The van der Waals surface area contributed by atoms with E-state index in [-0.39, 0.29) is 17.7 Å². The Kier molecular flexibility index (Phi) is 5.19. The molecule has 2 atom stereocenters. The first kappa shape index (κ1) is 19.9. The van der Waals surface area contributed by atoms with Crippen molar-refractivity contribution in [2.45, 2.75) is 58.5 Å². The number of primary amides is 1. The van der Waals surface area contributed by atoms with Crippen molar-refractivity contribution in [3.63, 3.8) is 0 Å². The van der Waals surface area contributed by atoms with Crippen LogP contribution in [0.5, 0.6) is 0 Å². The quantitative estimate of drug-likeness (QED) is 0.625. The normalized spacial score (nSPS) is 19.9. The standard InChI is InChI=1S/C21H28N4O3/c1-11(2)18(19(22)27)24-20(28)21(25-13(4)26)8-7-17-15(10-21)14-9-12(3)5-6-16(14)23-17/h5-6,9,11,18,23H,7-8,10H2,1-4H3,(H2,22,27)(H,24,28)(H,25,26)/t18-,21-/m0/s1. The Bertz CT molecular complexity index is 947. The Morgan fingerprint density at radius 1 is 1.25 bits per heavy atom. The van der Waals surface area contributed by atoms with Crippen molar-refractivity contribution in [1.82, 2.24) is 15.6 Å². The number of aryl methyl sites for hydroxylation is 2. The van der Waals surface area contributed by atoms with Crippen LogP contribution in [0, 0.1) is 12.8 Å². The lowest BCUT2D eigenvalue weighted by atomic mass is 9.78. The zero-order valence-electron chi connectivity index (χ0n) is 16.8. The van der Waals surface area contributed by atoms with Gasteiger partial charge in [-0.15, -0.1) is 0 Å². The zero-order valence-corrected chi connectivity index (χ0v) is 16.8. The van der Waals surface area contributed by atoms with E-state index in [9.17, 15) is 14.4 Å². The third-order valence-corrected chi connectivity index (χ3v) is 5.54. The minimum absolute atomic E-state index is 0.147. The number of H-pyrrole nitrogens is 1. The molecule has 0 saturated carbocycles. The molecule has 3 rings (SSSR count). The van der Waals surface area contributed by atoms with Crippen LogP contribution in [0.25, 0.3) is 10.9 Å². The number of carbonyl (C=O) groups excluding carboxylic acids is 3. The predicted molar refractivity (Wildman–Crippen MR) is 108 cm³/mol. The van der Waals surface area contributed by atoms with E-state index in [4.69, 9.17) is 5.73 Å². The number of hydrogen-bond donors (Lipinski definition) is 4. The van der Waals surface area contributed by atoms with Gasteiger partial charge in [-0.2, -0.15) is 0 Å². The molecule has 0 saturated heterocycles. The molecule has 0 fully saturated rings. The maximum absolute atomic E-state index is 13.3. The van der Waals surface area contributed by atoms with E-state index >= 15 is 0 Å². The molecule has 1 heterocycles. The van der Waals surface area contributed by atoms with Gasteiger partial charge >= 0.3 is 0 Å². The van der Waals surface area contributed by atoms with Gasteiger partial charge in [0.05, 0.1) is 0 Å². The molecule has 5 N–H and O–H groups in total. The molecule has 1 aromatic heterocycles. The third-order valence-electron chi connectivity index (χ3n) is 5.54. The number of carbonyl (C=O) groups is 3. The molecule has 7 nitrogen and oxygen atoms in total. The fourth-order valence-corrected chi connectivity index (χ4v) is 4.10. The van der Waals surface area contributed by atoms with E-state index in [1.165, 1.54) is 6.92 Å². The fourth-order valence-electron chi connectivity index (χ4n) is 4.10. The van der Waals surface area contributed by atoms with Crippen LogP contribution < -0.4 is 16.4 Å². The van der Waals surface area contributed by atoms with Crippen LogP contribution in [0.15, 0.2) is 18.2 Å². The monoisotopic (exact) mass is 384 g/mol. The lowest BCUT2D eigenvalue weighted by Crippen LogP contribution is -2.64. The van der Waals surface area contributed by atoms with Crippen LogP contribution in [0.4, 0.5) is 0 Å². The molecule has 7 heteroatoms. The summed E-state index contributed by atoms with van der Waals surface area (Å²) in [7, 11) is 0. The van der Waals surface area contributed by atoms with Gasteiger partial charge in [0.1, 0.15) is 11.6 Å². The van der Waals surface area contributed by atoms with Crippen molar-refractivity contribution in [1.29, 1.82) is 0 Å². The van der Waals surface area contributed by atoms with Crippen molar-refractivity contribution >= 4 is 28.6 Å². The van der Waals surface area contributed by atoms with Gasteiger partial charge in [0.25, 0.3) is 0 Å². The van der Waals surface area contributed by atoms with Crippen molar-refractivity contribution in [2.75, 3.05) is 0 Å². The van der Waals surface area contributed by atoms with E-state index in [0.29, 0.717) is 19.3 Å². The van der Waals surface area contributed by atoms with Crippen molar-refractivity contribution in [3.8, 4) is 0 Å². The molecule has 0 aliphatic heterocycles. The maximum Gasteiger partial charge on any atom is 0.246 e. The molecule has 150 valence electrons. The first-order valence-corrected chi connectivity index (χ1v) is 9.62. The third kappa shape index (κ3) is 3.61. The number of nitrogens with two attached hydrogens (primary N) is 1. The van der Waals surface area contributed by atoms with Gasteiger partial charge in [-0.25, -0.2) is 0 Å². The molecular formula is C21H28N4O3. The first-order chi connectivity index (χ1) is 13.1. The summed E-state index contributed by atoms with van der Waals surface area (Å²) in [5.74, 6) is -1.38. The van der Waals surface area contributed by atoms with Crippen molar-refractivity contribution in [3.05, 3.63) is 35.0 Å². The Morgan fingerprint density at radius 3 is 2.57 bits per heavy atom. The largest absolute Gasteiger partial charge is 0.368 e. The Labute approximate surface area is 164 Å². The number of aromatic amines is 1. The molecule has 1 aromatic carbocycles. The highest BCUT2D eigenvalue weighted by atomic mass is 16.2. The smallest absolute Gasteiger partial charge is 0.246 e. The van der Waals surface area contributed by atoms with Crippen LogP contribution in [0.1, 0.15) is 44.0 Å². The highest BCUT2D eigenvalue weighted by molar-refractivity contribution is 5.96. The van der Waals surface area contributed by atoms with E-state index in [2.05, 4.69) is 21.7 Å². The Hall–Kier alpha value is -2.83. The van der Waals surface area contributed by atoms with E-state index < -0.39 is 17.5 Å². The number of fused-ring (bicyclic) bond motifs is 3. The molecule has 3 amide bonds. The summed E-state index contributed by atoms with van der Waals surface area (Å²) < 4.78 is 0. The second-order valence-electron chi connectivity index (χ2n) is 8.17. The maximum atomic E-state index is 13.3. The molecule has 1 aliphatic rings. The van der Waals surface area contributed by atoms with E-state index in [1.54, 1.807) is 0 Å². The minimum Gasteiger partial charge on any atom is -0.368 e. The Morgan fingerprint density at radius 2 is 1.96 bits per heavy atom. The number of nitrogens with one attached hydrogen (secondary N) is 3. The summed E-state index contributed by atoms with van der Waals surface area (Å²) in [6.07, 6.45) is 1.43. The van der Waals surface area contributed by atoms with Gasteiger partial charge in [0, 0.05) is 29.9 Å². The fraction of sp³-hybridized carbons (Fsp3) is 0.476. The van der Waals surface area contributed by atoms with Crippen LogP contribution in [0.2, 0.25) is 0 Å². The van der Waals surface area contributed by atoms with Gasteiger partial charge in [-0.3, -0.25) is 14.4 Å². The molecule has 0 unspecified atom stereocenters. The summed E-state index contributed by atoms with van der Waals surface area (Å²) in [5, 5.41) is 6.71. The number of rotatable bonds is 5. The van der Waals surface area contributed by atoms with Crippen LogP contribution in [-0.2, 0) is 27.2 Å². The summed E-state index contributed by atoms with van der Waals surface area (Å²) in [6, 6.07) is 5.38. The molecule has 0 radical (unpaired) electrons. The molecular weight excluding hydrogens is 356 g/mol. The predicted octanol–water partition coefficient (Wildman–Crippen LogP) is 1.47. The summed E-state index contributed by atoms with van der Waals surface area (Å²) in [4.78, 5) is 40.4. The van der Waals surface area contributed by atoms with E-state index in [0.717, 1.165) is 27.7 Å². The molecule has 0 bridgehead atoms. The molecule has 2 aromatic rings. The lowest BCUT2D eigenvalue weighted by Gasteiger charge is -2.37. The van der Waals surface area contributed by atoms with Gasteiger partial charge in [0.15, 0.2) is 0 Å². The summed E-state index contributed by atoms with van der Waals surface area (Å²) >= 11 is 0. The number of amides is 3. The van der Waals surface area contributed by atoms with Gasteiger partial charge in [-0.1, -0.05) is 25.5 Å². The minimum atomic E-state index is -1.11. The van der Waals surface area contributed by atoms with E-state index in [1.807, 2.05) is 32.9 Å². The van der Waals surface area contributed by atoms with Gasteiger partial charge in [0.2, 0.25) is 17.7 Å². The topological polar surface area (TPSA) is 117 Å². The first-order valence-electron chi connectivity index (χ1n) is 9.62. The highest BCUT2D eigenvalue weighted by Gasteiger charge is 2.44. The molecule has 1 aliphatic carbocycles. The average Bonchev–Trinajstić information content (AvgIpc) is 2.95. The van der Waals surface area contributed by atoms with Crippen LogP contribution >= 0.6 is 0 Å². The van der Waals surface area contributed by atoms with Gasteiger partial charge < -0.3 is 21.4 Å². The van der Waals surface area contributed by atoms with Crippen LogP contribution in [0.3, 0.4) is 0 Å². The summed E-state index contributed by atoms with van der Waals surface area (Å²) in [5.41, 5.74) is 8.63. The second kappa shape index (κ2) is 7.30. The van der Waals surface area contributed by atoms with Crippen LogP contribution in [-0.4, -0.2) is 34.3 Å². The lowest BCUT2D eigenvalue weighted by molar-refractivity contribution is -0.136. The zero-order chi connectivity index (χ0) is 20.6. The SMILES string of the molecule is CC(=O)N[C@@]1(C(=O)N[C@H](C(N)=O)C(C)C)CCc2[nH]c3ccc(C)cc3c2C1. The molecule has 28 heavy (non-hydrogen) atoms. The number of benzene rings is 1. The highest BCUT2D eigenvalue weighted by Crippen LogP contribution is 2.35. The summed E-state index contributed by atoms with van der Waals surface area (Å²) in [6.45, 7) is 7.07. The van der Waals surface area contributed by atoms with Crippen molar-refractivity contribution < 1.29 is 14.4 Å². The molecule has 0 spiro atoms. The number of hydrogen-bond acceptors (Lipinski definition) is 3. The van der Waals surface area contributed by atoms with Gasteiger partial charge in [-0.05, 0) is 43.4 Å². The second-order valence-corrected chi connectivity index (χ2v) is 8.17. The average molecular weight is 384 g/mol. The van der Waals surface area contributed by atoms with Crippen molar-refractivity contribution in [2.24, 2.45) is 11.7 Å². The Balaban J connectivity index is 2.00.